The van der Waals surface area contributed by atoms with Crippen LogP contribution >= 0.6 is 11.6 Å². The summed E-state index contributed by atoms with van der Waals surface area (Å²) in [5, 5.41) is 5.14. The van der Waals surface area contributed by atoms with Gasteiger partial charge in [0.1, 0.15) is 0 Å². The molecule has 0 radical (unpaired) electrons. The van der Waals surface area contributed by atoms with E-state index in [2.05, 4.69) is 10.6 Å². The molecule has 0 aromatic heterocycles. The Balaban J connectivity index is 2.14. The first kappa shape index (κ1) is 16.9. The summed E-state index contributed by atoms with van der Waals surface area (Å²) >= 11 is 6.01. The highest BCUT2D eigenvalue weighted by atomic mass is 35.5. The average Bonchev–Trinajstić information content (AvgIpc) is 2.52. The molecular weight excluding hydrogens is 328 g/mol. The number of rotatable bonds is 4. The minimum absolute atomic E-state index is 0.0551. The molecule has 0 atom stereocenters. The van der Waals surface area contributed by atoms with E-state index in [4.69, 9.17) is 17.3 Å². The van der Waals surface area contributed by atoms with Gasteiger partial charge in [-0.05, 0) is 36.4 Å². The molecule has 0 spiro atoms. The van der Waals surface area contributed by atoms with E-state index in [0.717, 1.165) is 18.2 Å². The minimum atomic E-state index is -1.12. The van der Waals surface area contributed by atoms with Gasteiger partial charge in [-0.2, -0.15) is 0 Å². The molecule has 2 aromatic carbocycles. The molecule has 0 saturated heterocycles. The van der Waals surface area contributed by atoms with Gasteiger partial charge in [0.25, 0.3) is 5.91 Å². The largest absolute Gasteiger partial charge is 0.325 e. The number of amides is 2. The van der Waals surface area contributed by atoms with Crippen molar-refractivity contribution in [2.45, 2.75) is 0 Å². The lowest BCUT2D eigenvalue weighted by Crippen LogP contribution is -2.21. The second kappa shape index (κ2) is 7.17. The van der Waals surface area contributed by atoms with Crippen molar-refractivity contribution >= 4 is 34.8 Å². The summed E-state index contributed by atoms with van der Waals surface area (Å²) in [7, 11) is 0. The van der Waals surface area contributed by atoms with Crippen LogP contribution in [0.3, 0.4) is 0 Å². The quantitative estimate of drug-likeness (QED) is 0.800. The highest BCUT2D eigenvalue weighted by Gasteiger charge is 2.12. The molecular formula is C15H12ClF2N3O2. The molecule has 0 aliphatic rings. The van der Waals surface area contributed by atoms with Gasteiger partial charge in [0.2, 0.25) is 5.91 Å². The highest BCUT2D eigenvalue weighted by molar-refractivity contribution is 6.34. The number of benzene rings is 2. The van der Waals surface area contributed by atoms with Crippen molar-refractivity contribution < 1.29 is 18.4 Å². The number of nitrogens with one attached hydrogen (secondary N) is 2. The van der Waals surface area contributed by atoms with Crippen molar-refractivity contribution in [3.05, 3.63) is 58.6 Å². The minimum Gasteiger partial charge on any atom is -0.325 e. The van der Waals surface area contributed by atoms with E-state index in [1.807, 2.05) is 0 Å². The van der Waals surface area contributed by atoms with Gasteiger partial charge in [-0.15, -0.1) is 0 Å². The lowest BCUT2D eigenvalue weighted by Gasteiger charge is -2.10. The Hall–Kier alpha value is -2.51. The SMILES string of the molecule is NCC(=O)Nc1ccc(NC(=O)c2ccc(F)c(F)c2)c(Cl)c1. The zero-order chi connectivity index (χ0) is 17.0. The van der Waals surface area contributed by atoms with Gasteiger partial charge in [0, 0.05) is 11.3 Å². The molecule has 5 nitrogen and oxygen atoms in total. The molecule has 0 saturated carbocycles. The number of nitrogens with two attached hydrogens (primary N) is 1. The molecule has 2 aromatic rings. The van der Waals surface area contributed by atoms with Crippen molar-refractivity contribution in [1.82, 2.24) is 0 Å². The Morgan fingerprint density at radius 1 is 1.04 bits per heavy atom. The number of carbonyl (C=O) groups excluding carboxylic acids is 2. The summed E-state index contributed by atoms with van der Waals surface area (Å²) in [6.07, 6.45) is 0. The molecule has 0 bridgehead atoms. The lowest BCUT2D eigenvalue weighted by molar-refractivity contribution is -0.114. The summed E-state index contributed by atoms with van der Waals surface area (Å²) < 4.78 is 26.0. The fourth-order valence-corrected chi connectivity index (χ4v) is 1.97. The normalized spacial score (nSPS) is 10.3. The third-order valence-corrected chi connectivity index (χ3v) is 3.18. The first-order valence-corrected chi connectivity index (χ1v) is 6.84. The van der Waals surface area contributed by atoms with Crippen LogP contribution in [-0.4, -0.2) is 18.4 Å². The molecule has 0 aliphatic carbocycles. The van der Waals surface area contributed by atoms with Gasteiger partial charge in [-0.25, -0.2) is 8.78 Å². The van der Waals surface area contributed by atoms with Crippen LogP contribution in [0.5, 0.6) is 0 Å². The van der Waals surface area contributed by atoms with Crippen LogP contribution < -0.4 is 16.4 Å². The van der Waals surface area contributed by atoms with E-state index in [1.54, 1.807) is 0 Å². The van der Waals surface area contributed by atoms with Crippen molar-refractivity contribution in [2.75, 3.05) is 17.2 Å². The maximum Gasteiger partial charge on any atom is 0.255 e. The Morgan fingerprint density at radius 2 is 1.78 bits per heavy atom. The van der Waals surface area contributed by atoms with Gasteiger partial charge in [0.15, 0.2) is 11.6 Å². The summed E-state index contributed by atoms with van der Waals surface area (Å²) in [6, 6.07) is 7.20. The number of halogens is 3. The van der Waals surface area contributed by atoms with Crippen molar-refractivity contribution in [3.63, 3.8) is 0 Å². The third kappa shape index (κ3) is 4.24. The molecule has 23 heavy (non-hydrogen) atoms. The first-order valence-electron chi connectivity index (χ1n) is 6.46. The summed E-state index contributed by atoms with van der Waals surface area (Å²) in [4.78, 5) is 23.2. The smallest absolute Gasteiger partial charge is 0.255 e. The number of carbonyl (C=O) groups is 2. The predicted molar refractivity (Wildman–Crippen MR) is 83.4 cm³/mol. The second-order valence-corrected chi connectivity index (χ2v) is 4.94. The average molecular weight is 340 g/mol. The molecule has 0 unspecified atom stereocenters. The van der Waals surface area contributed by atoms with Crippen LogP contribution in [0, 0.1) is 11.6 Å². The van der Waals surface area contributed by atoms with E-state index in [-0.39, 0.29) is 28.7 Å². The van der Waals surface area contributed by atoms with E-state index in [1.165, 1.54) is 18.2 Å². The molecule has 120 valence electrons. The van der Waals surface area contributed by atoms with Crippen LogP contribution in [0.4, 0.5) is 20.2 Å². The van der Waals surface area contributed by atoms with Gasteiger partial charge >= 0.3 is 0 Å². The van der Waals surface area contributed by atoms with Gasteiger partial charge in [0.05, 0.1) is 17.3 Å². The molecule has 0 fully saturated rings. The zero-order valence-electron chi connectivity index (χ0n) is 11.7. The van der Waals surface area contributed by atoms with Crippen LogP contribution in [0.2, 0.25) is 5.02 Å². The van der Waals surface area contributed by atoms with E-state index >= 15 is 0 Å². The van der Waals surface area contributed by atoms with Gasteiger partial charge < -0.3 is 16.4 Å². The molecule has 8 heteroatoms. The standard InChI is InChI=1S/C15H12ClF2N3O2/c16-10-6-9(20-14(22)7-19)2-4-13(10)21-15(23)8-1-3-11(17)12(18)5-8/h1-6H,7,19H2,(H,20,22)(H,21,23). The van der Waals surface area contributed by atoms with Gasteiger partial charge in [-0.3, -0.25) is 9.59 Å². The van der Waals surface area contributed by atoms with Crippen LogP contribution in [0.1, 0.15) is 10.4 Å². The molecule has 4 N–H and O–H groups in total. The fourth-order valence-electron chi connectivity index (χ4n) is 1.74. The molecule has 0 aliphatic heterocycles. The predicted octanol–water partition coefficient (Wildman–Crippen LogP) is 2.77. The number of hydrogen-bond acceptors (Lipinski definition) is 3. The Bertz CT molecular complexity index is 768. The summed E-state index contributed by atoms with van der Waals surface area (Å²) in [5.41, 5.74) is 5.80. The Kier molecular flexibility index (Phi) is 5.25. The van der Waals surface area contributed by atoms with Crippen molar-refractivity contribution in [3.8, 4) is 0 Å². The second-order valence-electron chi connectivity index (χ2n) is 4.53. The third-order valence-electron chi connectivity index (χ3n) is 2.87. The Morgan fingerprint density at radius 3 is 2.39 bits per heavy atom. The van der Waals surface area contributed by atoms with Crippen LogP contribution in [0.25, 0.3) is 0 Å². The topological polar surface area (TPSA) is 84.2 Å². The van der Waals surface area contributed by atoms with Crippen LogP contribution in [-0.2, 0) is 4.79 Å². The Labute approximate surface area is 135 Å². The van der Waals surface area contributed by atoms with E-state index < -0.39 is 17.5 Å². The molecule has 2 rings (SSSR count). The summed E-state index contributed by atoms with van der Waals surface area (Å²) in [6.45, 7) is -0.174. The first-order chi connectivity index (χ1) is 10.9. The fraction of sp³-hybridized carbons (Fsp3) is 0.0667. The summed E-state index contributed by atoms with van der Waals surface area (Å²) in [5.74, 6) is -3.20. The zero-order valence-corrected chi connectivity index (χ0v) is 12.5. The van der Waals surface area contributed by atoms with E-state index in [0.29, 0.717) is 5.69 Å². The van der Waals surface area contributed by atoms with Crippen molar-refractivity contribution in [1.29, 1.82) is 0 Å². The molecule has 2 amide bonds. The maximum absolute atomic E-state index is 13.1. The number of hydrogen-bond donors (Lipinski definition) is 3. The molecule has 0 heterocycles. The van der Waals surface area contributed by atoms with E-state index in [9.17, 15) is 18.4 Å². The van der Waals surface area contributed by atoms with Crippen molar-refractivity contribution in [2.24, 2.45) is 5.73 Å². The lowest BCUT2D eigenvalue weighted by atomic mass is 10.2. The van der Waals surface area contributed by atoms with Crippen LogP contribution in [0.15, 0.2) is 36.4 Å². The highest BCUT2D eigenvalue weighted by Crippen LogP contribution is 2.26. The number of anilines is 2. The van der Waals surface area contributed by atoms with Gasteiger partial charge in [-0.1, -0.05) is 11.6 Å². The maximum atomic E-state index is 13.1. The monoisotopic (exact) mass is 339 g/mol.